The smallest absolute Gasteiger partial charge is 0.337 e. The van der Waals surface area contributed by atoms with Crippen molar-refractivity contribution in [3.8, 4) is 5.69 Å². The average Bonchev–Trinajstić information content (AvgIpc) is 3.06. The van der Waals surface area contributed by atoms with Crippen LogP contribution >= 0.6 is 0 Å². The number of hydrogen-bond acceptors (Lipinski definition) is 7. The first-order valence-electron chi connectivity index (χ1n) is 10.2. The van der Waals surface area contributed by atoms with Crippen LogP contribution in [0.2, 0.25) is 0 Å². The van der Waals surface area contributed by atoms with Crippen LogP contribution in [0.25, 0.3) is 5.69 Å². The Kier molecular flexibility index (Phi) is 6.96. The van der Waals surface area contributed by atoms with E-state index in [0.717, 1.165) is 26.4 Å². The van der Waals surface area contributed by atoms with Crippen molar-refractivity contribution in [3.05, 3.63) is 75.7 Å². The van der Waals surface area contributed by atoms with Gasteiger partial charge in [0.05, 0.1) is 41.6 Å². The van der Waals surface area contributed by atoms with Gasteiger partial charge in [-0.1, -0.05) is 32.0 Å². The third kappa shape index (κ3) is 4.60. The minimum Gasteiger partial charge on any atom is -0.465 e. The molecule has 0 aliphatic carbocycles. The summed E-state index contributed by atoms with van der Waals surface area (Å²) in [5, 5.41) is 0. The number of aromatic nitrogens is 2. The van der Waals surface area contributed by atoms with E-state index in [2.05, 4.69) is 14.2 Å². The molecule has 0 radical (unpaired) electrons. The fourth-order valence-corrected chi connectivity index (χ4v) is 4.80. The number of esters is 2. The van der Waals surface area contributed by atoms with Crippen molar-refractivity contribution in [2.45, 2.75) is 24.7 Å². The van der Waals surface area contributed by atoms with E-state index in [-0.39, 0.29) is 22.7 Å². The van der Waals surface area contributed by atoms with Crippen LogP contribution in [0, 0.1) is 0 Å². The molecule has 1 heterocycles. The lowest BCUT2D eigenvalue weighted by atomic mass is 10.1. The van der Waals surface area contributed by atoms with Crippen molar-refractivity contribution in [1.29, 1.82) is 0 Å². The molecule has 0 aliphatic heterocycles. The first-order chi connectivity index (χ1) is 16.0. The van der Waals surface area contributed by atoms with Gasteiger partial charge < -0.3 is 9.47 Å². The molecule has 1 aromatic heterocycles. The van der Waals surface area contributed by atoms with Crippen LogP contribution in [0.4, 0.5) is 5.69 Å². The van der Waals surface area contributed by atoms with E-state index in [0.29, 0.717) is 11.4 Å². The standard InChI is InChI=1S/C23H25N3O7S/c1-14(2)20-19(21(27)26(25(20)3)17-9-7-6-8-10-17)24-34(30,31)18-12-15(22(28)32-4)11-16(13-18)23(29)33-5/h6-14,24H,1-5H3. The van der Waals surface area contributed by atoms with Crippen molar-refractivity contribution in [3.63, 3.8) is 0 Å². The maximum absolute atomic E-state index is 13.3. The highest BCUT2D eigenvalue weighted by Gasteiger charge is 2.27. The van der Waals surface area contributed by atoms with Gasteiger partial charge in [0.15, 0.2) is 0 Å². The second-order valence-electron chi connectivity index (χ2n) is 7.73. The third-order valence-corrected chi connectivity index (χ3v) is 6.48. The summed E-state index contributed by atoms with van der Waals surface area (Å²) in [6.45, 7) is 3.66. The Bertz CT molecular complexity index is 1370. The molecule has 0 bridgehead atoms. The predicted molar refractivity (Wildman–Crippen MR) is 125 cm³/mol. The van der Waals surface area contributed by atoms with Crippen molar-refractivity contribution in [2.24, 2.45) is 7.05 Å². The van der Waals surface area contributed by atoms with Gasteiger partial charge in [-0.2, -0.15) is 0 Å². The molecule has 3 rings (SSSR count). The van der Waals surface area contributed by atoms with E-state index in [4.69, 9.17) is 0 Å². The molecule has 0 spiro atoms. The maximum Gasteiger partial charge on any atom is 0.337 e. The van der Waals surface area contributed by atoms with E-state index in [1.165, 1.54) is 10.7 Å². The molecule has 0 aliphatic rings. The molecule has 2 aromatic carbocycles. The fourth-order valence-electron chi connectivity index (χ4n) is 3.66. The molecular formula is C23H25N3O7S. The molecule has 34 heavy (non-hydrogen) atoms. The largest absolute Gasteiger partial charge is 0.465 e. The van der Waals surface area contributed by atoms with Crippen molar-refractivity contribution < 1.29 is 27.5 Å². The predicted octanol–water partition coefficient (Wildman–Crippen LogP) is 2.67. The first-order valence-corrected chi connectivity index (χ1v) is 11.7. The highest BCUT2D eigenvalue weighted by Crippen LogP contribution is 2.26. The minimum atomic E-state index is -4.40. The summed E-state index contributed by atoms with van der Waals surface area (Å²) in [4.78, 5) is 37.1. The van der Waals surface area contributed by atoms with E-state index in [9.17, 15) is 22.8 Å². The number of methoxy groups -OCH3 is 2. The summed E-state index contributed by atoms with van der Waals surface area (Å²) in [5.41, 5.74) is -0.0188. The van der Waals surface area contributed by atoms with Crippen LogP contribution in [0.3, 0.4) is 0 Å². The number of hydrogen-bond donors (Lipinski definition) is 1. The molecule has 0 fully saturated rings. The maximum atomic E-state index is 13.3. The zero-order valence-electron chi connectivity index (χ0n) is 19.4. The Balaban J connectivity index is 2.19. The molecule has 1 N–H and O–H groups in total. The molecule has 0 atom stereocenters. The number of sulfonamides is 1. The van der Waals surface area contributed by atoms with Crippen LogP contribution in [0.5, 0.6) is 0 Å². The van der Waals surface area contributed by atoms with Gasteiger partial charge in [0.1, 0.15) is 5.69 Å². The molecule has 10 nitrogen and oxygen atoms in total. The summed E-state index contributed by atoms with van der Waals surface area (Å²) in [6.07, 6.45) is 0. The normalized spacial score (nSPS) is 11.4. The van der Waals surface area contributed by atoms with E-state index in [1.807, 2.05) is 13.8 Å². The van der Waals surface area contributed by atoms with Gasteiger partial charge in [0.2, 0.25) is 0 Å². The Hall–Kier alpha value is -3.86. The molecule has 11 heteroatoms. The molecule has 0 unspecified atom stereocenters. The van der Waals surface area contributed by atoms with Crippen molar-refractivity contribution >= 4 is 27.6 Å². The Morgan fingerprint density at radius 2 is 1.47 bits per heavy atom. The summed E-state index contributed by atoms with van der Waals surface area (Å²) >= 11 is 0. The van der Waals surface area contributed by atoms with Crippen molar-refractivity contribution in [2.75, 3.05) is 18.9 Å². The molecule has 0 saturated carbocycles. The molecule has 180 valence electrons. The zero-order chi connectivity index (χ0) is 25.2. The quantitative estimate of drug-likeness (QED) is 0.508. The van der Waals surface area contributed by atoms with Gasteiger partial charge in [-0.05, 0) is 36.2 Å². The lowest BCUT2D eigenvalue weighted by molar-refractivity contribution is 0.0598. The second-order valence-corrected chi connectivity index (χ2v) is 9.41. The fraction of sp³-hybridized carbons (Fsp3) is 0.261. The van der Waals surface area contributed by atoms with Gasteiger partial charge in [-0.15, -0.1) is 0 Å². The minimum absolute atomic E-state index is 0.135. The number of nitrogens with zero attached hydrogens (tertiary/aromatic N) is 2. The van der Waals surface area contributed by atoms with Crippen LogP contribution in [0.15, 0.2) is 58.2 Å². The van der Waals surface area contributed by atoms with Gasteiger partial charge in [0, 0.05) is 7.05 Å². The Morgan fingerprint density at radius 1 is 0.941 bits per heavy atom. The number of rotatable bonds is 7. The number of carbonyl (C=O) groups excluding carboxylic acids is 2. The Labute approximate surface area is 196 Å². The van der Waals surface area contributed by atoms with E-state index < -0.39 is 32.4 Å². The average molecular weight is 488 g/mol. The lowest BCUT2D eigenvalue weighted by Gasteiger charge is -2.14. The van der Waals surface area contributed by atoms with Crippen molar-refractivity contribution in [1.82, 2.24) is 9.36 Å². The summed E-state index contributed by atoms with van der Waals surface area (Å²) in [6, 6.07) is 12.1. The monoisotopic (exact) mass is 487 g/mol. The highest BCUT2D eigenvalue weighted by atomic mass is 32.2. The van der Waals surface area contributed by atoms with Gasteiger partial charge in [-0.25, -0.2) is 22.7 Å². The number of benzene rings is 2. The number of carbonyl (C=O) groups is 2. The van der Waals surface area contributed by atoms with Crippen LogP contribution in [-0.4, -0.2) is 43.9 Å². The van der Waals surface area contributed by atoms with Gasteiger partial charge in [0.25, 0.3) is 15.6 Å². The molecular weight excluding hydrogens is 462 g/mol. The molecule has 0 amide bonds. The number of nitrogens with one attached hydrogen (secondary N) is 1. The zero-order valence-corrected chi connectivity index (χ0v) is 20.2. The molecule has 3 aromatic rings. The van der Waals surface area contributed by atoms with Crippen LogP contribution in [0.1, 0.15) is 46.2 Å². The number of ether oxygens (including phenoxy) is 2. The highest BCUT2D eigenvalue weighted by molar-refractivity contribution is 7.92. The van der Waals surface area contributed by atoms with Gasteiger partial charge >= 0.3 is 11.9 Å². The Morgan fingerprint density at radius 3 is 1.94 bits per heavy atom. The topological polar surface area (TPSA) is 126 Å². The first kappa shape index (κ1) is 24.8. The lowest BCUT2D eigenvalue weighted by Crippen LogP contribution is -2.23. The summed E-state index contributed by atoms with van der Waals surface area (Å²) in [5.74, 6) is -1.89. The van der Waals surface area contributed by atoms with E-state index >= 15 is 0 Å². The number of para-hydroxylation sites is 1. The molecule has 0 saturated heterocycles. The van der Waals surface area contributed by atoms with E-state index in [1.54, 1.807) is 42.1 Å². The summed E-state index contributed by atoms with van der Waals surface area (Å²) < 4.78 is 41.3. The second kappa shape index (κ2) is 9.56. The summed E-state index contributed by atoms with van der Waals surface area (Å²) in [7, 11) is -0.478. The van der Waals surface area contributed by atoms with Crippen LogP contribution < -0.4 is 10.3 Å². The third-order valence-electron chi connectivity index (χ3n) is 5.15. The van der Waals surface area contributed by atoms with Crippen LogP contribution in [-0.2, 0) is 26.5 Å². The SMILES string of the molecule is COC(=O)c1cc(C(=O)OC)cc(S(=O)(=O)Nc2c(C(C)C)n(C)n(-c3ccccc3)c2=O)c1. The number of anilines is 1. The van der Waals surface area contributed by atoms with Gasteiger partial charge in [-0.3, -0.25) is 14.2 Å².